The number of benzene rings is 2. The molecule has 0 aliphatic carbocycles. The van der Waals surface area contributed by atoms with Gasteiger partial charge in [0.05, 0.1) is 22.1 Å². The van der Waals surface area contributed by atoms with Gasteiger partial charge < -0.3 is 5.32 Å². The van der Waals surface area contributed by atoms with Gasteiger partial charge >= 0.3 is 0 Å². The van der Waals surface area contributed by atoms with E-state index in [0.29, 0.717) is 5.56 Å². The zero-order valence-electron chi connectivity index (χ0n) is 14.0. The molecule has 138 valence electrons. The third kappa shape index (κ3) is 4.41. The summed E-state index contributed by atoms with van der Waals surface area (Å²) in [6, 6.07) is 8.19. The van der Waals surface area contributed by atoms with Crippen LogP contribution in [0.15, 0.2) is 47.4 Å². The Hall–Kier alpha value is -2.85. The summed E-state index contributed by atoms with van der Waals surface area (Å²) < 4.78 is 38.5. The number of non-ortho nitro benzene ring substituents is 1. The predicted molar refractivity (Wildman–Crippen MR) is 92.7 cm³/mol. The van der Waals surface area contributed by atoms with Gasteiger partial charge in [-0.3, -0.25) is 14.9 Å². The number of likely N-dealkylation sites (N-methyl/N-ethyl adjacent to an activating group) is 1. The van der Waals surface area contributed by atoms with Crippen molar-refractivity contribution in [3.63, 3.8) is 0 Å². The molecule has 2 rings (SSSR count). The minimum absolute atomic E-state index is 0.152. The molecule has 8 nitrogen and oxygen atoms in total. The van der Waals surface area contributed by atoms with E-state index in [1.54, 1.807) is 6.92 Å². The van der Waals surface area contributed by atoms with E-state index in [4.69, 9.17) is 0 Å². The Kier molecular flexibility index (Phi) is 5.68. The number of hydrogen-bond acceptors (Lipinski definition) is 5. The normalized spacial score (nSPS) is 11.4. The standard InChI is InChI=1S/C16H16FN3O5S/c1-11-3-6-13(20(22)23)9-15(11)18-16(21)10-19(2)26(24,25)14-7-4-12(17)5-8-14/h3-9H,10H2,1-2H3,(H,18,21). The first-order valence-corrected chi connectivity index (χ1v) is 8.82. The number of rotatable bonds is 6. The summed E-state index contributed by atoms with van der Waals surface area (Å²) in [5.41, 5.74) is 0.614. The van der Waals surface area contributed by atoms with Crippen LogP contribution >= 0.6 is 0 Å². The highest BCUT2D eigenvalue weighted by Gasteiger charge is 2.23. The Morgan fingerprint density at radius 1 is 1.23 bits per heavy atom. The first-order chi connectivity index (χ1) is 12.1. The minimum Gasteiger partial charge on any atom is -0.324 e. The predicted octanol–water partition coefficient (Wildman–Crippen LogP) is 2.30. The maximum absolute atomic E-state index is 12.9. The number of anilines is 1. The van der Waals surface area contributed by atoms with Crippen LogP contribution in [0.25, 0.3) is 0 Å². The van der Waals surface area contributed by atoms with E-state index in [0.717, 1.165) is 28.6 Å². The zero-order valence-corrected chi connectivity index (χ0v) is 14.8. The van der Waals surface area contributed by atoms with Crippen LogP contribution in [0.3, 0.4) is 0 Å². The number of carbonyl (C=O) groups excluding carboxylic acids is 1. The first kappa shape index (κ1) is 19.5. The van der Waals surface area contributed by atoms with Gasteiger partial charge in [0.1, 0.15) is 5.82 Å². The molecular weight excluding hydrogens is 365 g/mol. The van der Waals surface area contributed by atoms with Gasteiger partial charge in [0.15, 0.2) is 0 Å². The van der Waals surface area contributed by atoms with Crippen LogP contribution in [0.2, 0.25) is 0 Å². The smallest absolute Gasteiger partial charge is 0.271 e. The van der Waals surface area contributed by atoms with E-state index in [1.807, 2.05) is 0 Å². The largest absolute Gasteiger partial charge is 0.324 e. The average molecular weight is 381 g/mol. The van der Waals surface area contributed by atoms with Gasteiger partial charge in [0.25, 0.3) is 5.69 Å². The lowest BCUT2D eigenvalue weighted by Gasteiger charge is -2.17. The van der Waals surface area contributed by atoms with Gasteiger partial charge in [-0.05, 0) is 36.8 Å². The molecule has 0 fully saturated rings. The molecule has 0 unspecified atom stereocenters. The Bertz CT molecular complexity index is 945. The number of hydrogen-bond donors (Lipinski definition) is 1. The van der Waals surface area contributed by atoms with Crippen LogP contribution in [-0.4, -0.2) is 37.1 Å². The molecule has 1 N–H and O–H groups in total. The summed E-state index contributed by atoms with van der Waals surface area (Å²) in [5, 5.41) is 13.3. The van der Waals surface area contributed by atoms with Gasteiger partial charge in [-0.15, -0.1) is 0 Å². The molecule has 0 radical (unpaired) electrons. The van der Waals surface area contributed by atoms with Crippen LogP contribution in [-0.2, 0) is 14.8 Å². The highest BCUT2D eigenvalue weighted by atomic mass is 32.2. The molecular formula is C16H16FN3O5S. The van der Waals surface area contributed by atoms with E-state index in [9.17, 15) is 27.7 Å². The number of nitrogens with zero attached hydrogens (tertiary/aromatic N) is 2. The highest BCUT2D eigenvalue weighted by molar-refractivity contribution is 7.89. The van der Waals surface area contributed by atoms with Crippen molar-refractivity contribution < 1.29 is 22.5 Å². The Balaban J connectivity index is 2.13. The van der Waals surface area contributed by atoms with Crippen molar-refractivity contribution in [2.75, 3.05) is 18.9 Å². The van der Waals surface area contributed by atoms with Gasteiger partial charge in [-0.25, -0.2) is 12.8 Å². The molecule has 0 saturated carbocycles. The molecule has 10 heteroatoms. The number of aryl methyl sites for hydroxylation is 1. The summed E-state index contributed by atoms with van der Waals surface area (Å²) in [6.07, 6.45) is 0. The quantitative estimate of drug-likeness (QED) is 0.610. The number of nitro benzene ring substituents is 1. The molecule has 0 atom stereocenters. The van der Waals surface area contributed by atoms with Gasteiger partial charge in [0, 0.05) is 19.2 Å². The van der Waals surface area contributed by atoms with Crippen molar-refractivity contribution >= 4 is 27.3 Å². The fraction of sp³-hybridized carbons (Fsp3) is 0.188. The van der Waals surface area contributed by atoms with Crippen LogP contribution in [0.4, 0.5) is 15.8 Å². The summed E-state index contributed by atoms with van der Waals surface area (Å²) in [4.78, 5) is 22.2. The molecule has 0 aliphatic rings. The molecule has 1 amide bonds. The van der Waals surface area contributed by atoms with E-state index >= 15 is 0 Å². The average Bonchev–Trinajstić information content (AvgIpc) is 2.56. The van der Waals surface area contributed by atoms with E-state index in [-0.39, 0.29) is 16.3 Å². The van der Waals surface area contributed by atoms with Crippen molar-refractivity contribution in [1.82, 2.24) is 4.31 Å². The number of amides is 1. The first-order valence-electron chi connectivity index (χ1n) is 7.38. The summed E-state index contributed by atoms with van der Waals surface area (Å²) in [6.45, 7) is 1.14. The van der Waals surface area contributed by atoms with Gasteiger partial charge in [-0.2, -0.15) is 4.31 Å². The lowest BCUT2D eigenvalue weighted by Crippen LogP contribution is -2.35. The Morgan fingerprint density at radius 3 is 2.42 bits per heavy atom. The monoisotopic (exact) mass is 381 g/mol. The van der Waals surface area contributed by atoms with Crippen molar-refractivity contribution in [3.8, 4) is 0 Å². The van der Waals surface area contributed by atoms with Crippen LogP contribution < -0.4 is 5.32 Å². The minimum atomic E-state index is -3.98. The number of halogens is 1. The fourth-order valence-electron chi connectivity index (χ4n) is 2.12. The highest BCUT2D eigenvalue weighted by Crippen LogP contribution is 2.22. The van der Waals surface area contributed by atoms with Crippen LogP contribution in [0.1, 0.15) is 5.56 Å². The molecule has 0 spiro atoms. The lowest BCUT2D eigenvalue weighted by molar-refractivity contribution is -0.384. The molecule has 2 aromatic carbocycles. The Labute approximate surface area is 149 Å². The second-order valence-corrected chi connectivity index (χ2v) is 7.56. The van der Waals surface area contributed by atoms with Crippen molar-refractivity contribution in [2.24, 2.45) is 0 Å². The molecule has 0 aromatic heterocycles. The second kappa shape index (κ2) is 7.58. The number of carbonyl (C=O) groups is 1. The van der Waals surface area contributed by atoms with E-state index < -0.39 is 33.2 Å². The van der Waals surface area contributed by atoms with Crippen molar-refractivity contribution in [1.29, 1.82) is 0 Å². The molecule has 0 heterocycles. The number of sulfonamides is 1. The van der Waals surface area contributed by atoms with Crippen molar-refractivity contribution in [3.05, 3.63) is 64.0 Å². The van der Waals surface area contributed by atoms with Crippen LogP contribution in [0.5, 0.6) is 0 Å². The van der Waals surface area contributed by atoms with E-state index in [1.165, 1.54) is 25.2 Å². The zero-order chi connectivity index (χ0) is 19.5. The van der Waals surface area contributed by atoms with Gasteiger partial charge in [0.2, 0.25) is 15.9 Å². The molecule has 0 saturated heterocycles. The van der Waals surface area contributed by atoms with E-state index in [2.05, 4.69) is 5.32 Å². The molecule has 0 aliphatic heterocycles. The van der Waals surface area contributed by atoms with Gasteiger partial charge in [-0.1, -0.05) is 6.07 Å². The number of nitro groups is 1. The summed E-state index contributed by atoms with van der Waals surface area (Å²) in [7, 11) is -2.77. The lowest BCUT2D eigenvalue weighted by atomic mass is 10.2. The third-order valence-electron chi connectivity index (χ3n) is 3.59. The molecule has 2 aromatic rings. The molecule has 26 heavy (non-hydrogen) atoms. The summed E-state index contributed by atoms with van der Waals surface area (Å²) in [5.74, 6) is -1.24. The SMILES string of the molecule is Cc1ccc([N+](=O)[O-])cc1NC(=O)CN(C)S(=O)(=O)c1ccc(F)cc1. The van der Waals surface area contributed by atoms with Crippen LogP contribution in [0, 0.1) is 22.9 Å². The Morgan fingerprint density at radius 2 is 1.85 bits per heavy atom. The maximum atomic E-state index is 12.9. The number of nitrogens with one attached hydrogen (secondary N) is 1. The summed E-state index contributed by atoms with van der Waals surface area (Å²) >= 11 is 0. The topological polar surface area (TPSA) is 110 Å². The second-order valence-electron chi connectivity index (χ2n) is 5.52. The molecule has 0 bridgehead atoms. The maximum Gasteiger partial charge on any atom is 0.271 e. The van der Waals surface area contributed by atoms with Crippen molar-refractivity contribution in [2.45, 2.75) is 11.8 Å². The fourth-order valence-corrected chi connectivity index (χ4v) is 3.25. The third-order valence-corrected chi connectivity index (χ3v) is 5.41.